The summed E-state index contributed by atoms with van der Waals surface area (Å²) >= 11 is 0. The molecule has 0 saturated carbocycles. The summed E-state index contributed by atoms with van der Waals surface area (Å²) in [7, 11) is 0. The highest BCUT2D eigenvalue weighted by Gasteiger charge is 2.46. The molecule has 0 radical (unpaired) electrons. The fraction of sp³-hybridized carbons (Fsp3) is 0.240. The van der Waals surface area contributed by atoms with Crippen LogP contribution < -0.4 is 10.6 Å². The maximum atomic E-state index is 13.0. The van der Waals surface area contributed by atoms with E-state index in [1.165, 1.54) is 0 Å². The molecular weight excluding hydrogens is 390 g/mol. The Morgan fingerprint density at radius 1 is 0.968 bits per heavy atom. The number of carbonyl (C=O) groups is 3. The Bertz CT molecular complexity index is 1160. The summed E-state index contributed by atoms with van der Waals surface area (Å²) in [5.41, 5.74) is 1.57. The molecule has 2 heterocycles. The average molecular weight is 413 g/mol. The quantitative estimate of drug-likeness (QED) is 0.689. The van der Waals surface area contributed by atoms with E-state index in [1.807, 2.05) is 66.7 Å². The second kappa shape index (κ2) is 7.87. The van der Waals surface area contributed by atoms with Gasteiger partial charge in [-0.2, -0.15) is 0 Å². The molecule has 2 aliphatic heterocycles. The number of amides is 3. The Kier molecular flexibility index (Phi) is 4.90. The predicted molar refractivity (Wildman–Crippen MR) is 117 cm³/mol. The molecule has 3 aromatic carbocycles. The van der Waals surface area contributed by atoms with Gasteiger partial charge in [0.05, 0.1) is 0 Å². The molecule has 0 aromatic heterocycles. The second-order valence-corrected chi connectivity index (χ2v) is 8.23. The molecule has 0 spiro atoms. The summed E-state index contributed by atoms with van der Waals surface area (Å²) in [5.74, 6) is -0.428. The molecule has 3 amide bonds. The summed E-state index contributed by atoms with van der Waals surface area (Å²) in [6.07, 6.45) is 0.887. The van der Waals surface area contributed by atoms with Gasteiger partial charge in [0.2, 0.25) is 11.8 Å². The van der Waals surface area contributed by atoms with Gasteiger partial charge < -0.3 is 15.5 Å². The van der Waals surface area contributed by atoms with Crippen LogP contribution in [0, 0.1) is 0 Å². The van der Waals surface area contributed by atoms with Gasteiger partial charge in [0.25, 0.3) is 5.91 Å². The van der Waals surface area contributed by atoms with Gasteiger partial charge in [0.15, 0.2) is 0 Å². The molecule has 2 N–H and O–H groups in total. The van der Waals surface area contributed by atoms with Gasteiger partial charge in [-0.05, 0) is 34.9 Å². The molecule has 2 saturated heterocycles. The van der Waals surface area contributed by atoms with Crippen molar-refractivity contribution in [3.05, 3.63) is 83.9 Å². The number of nitrogens with zero attached hydrogens (tertiary/aromatic N) is 1. The van der Waals surface area contributed by atoms with Gasteiger partial charge in [-0.3, -0.25) is 14.4 Å². The van der Waals surface area contributed by atoms with Crippen molar-refractivity contribution in [1.82, 2.24) is 15.5 Å². The molecule has 6 heteroatoms. The Morgan fingerprint density at radius 3 is 2.52 bits per heavy atom. The second-order valence-electron chi connectivity index (χ2n) is 8.23. The highest BCUT2D eigenvalue weighted by molar-refractivity contribution is 6.00. The third kappa shape index (κ3) is 3.77. The third-order valence-electron chi connectivity index (χ3n) is 6.13. The lowest BCUT2D eigenvalue weighted by molar-refractivity contribution is -0.147. The fourth-order valence-electron chi connectivity index (χ4n) is 4.55. The normalized spacial score (nSPS) is 22.8. The van der Waals surface area contributed by atoms with Crippen molar-refractivity contribution >= 4 is 28.5 Å². The van der Waals surface area contributed by atoms with Crippen molar-refractivity contribution in [2.24, 2.45) is 0 Å². The zero-order chi connectivity index (χ0) is 21.4. The average Bonchev–Trinajstić information content (AvgIpc) is 3.22. The van der Waals surface area contributed by atoms with Crippen molar-refractivity contribution in [2.45, 2.75) is 31.0 Å². The van der Waals surface area contributed by atoms with Crippen molar-refractivity contribution in [2.75, 3.05) is 6.54 Å². The number of hydrogen-bond acceptors (Lipinski definition) is 3. The van der Waals surface area contributed by atoms with Crippen LogP contribution in [0.4, 0.5) is 0 Å². The number of nitrogens with one attached hydrogen (secondary N) is 2. The minimum Gasteiger partial charge on any atom is -0.347 e. The molecule has 31 heavy (non-hydrogen) atoms. The number of carbonyl (C=O) groups excluding carboxylic acids is 3. The van der Waals surface area contributed by atoms with Gasteiger partial charge in [-0.25, -0.2) is 0 Å². The number of fused-ring (bicyclic) bond motifs is 2. The smallest absolute Gasteiger partial charge is 0.251 e. The lowest BCUT2D eigenvalue weighted by atomic mass is 10.0. The molecule has 2 aliphatic rings. The highest BCUT2D eigenvalue weighted by Crippen LogP contribution is 2.24. The lowest BCUT2D eigenvalue weighted by Gasteiger charge is -2.34. The lowest BCUT2D eigenvalue weighted by Crippen LogP contribution is -2.61. The molecule has 156 valence electrons. The van der Waals surface area contributed by atoms with E-state index in [0.717, 1.165) is 16.3 Å². The standard InChI is InChI=1S/C25H23N3O3/c29-23(19-11-10-17-8-4-5-9-18(17)13-19)26-20-14-22-24(30)27-21(25(31)28(22)15-20)12-16-6-2-1-3-7-16/h1-11,13,20-22H,12,14-15H2,(H,26,29)(H,27,30)/t20-,21+,22-/m0/s1. The number of rotatable bonds is 4. The molecular formula is C25H23N3O3. The topological polar surface area (TPSA) is 78.5 Å². The summed E-state index contributed by atoms with van der Waals surface area (Å²) in [4.78, 5) is 40.1. The SMILES string of the molecule is O=C(N[C@H]1C[C@H]2C(=O)N[C@H](Cc3ccccc3)C(=O)N2C1)c1ccc2ccccc2c1. The maximum absolute atomic E-state index is 13.0. The Morgan fingerprint density at radius 2 is 1.71 bits per heavy atom. The number of hydrogen-bond donors (Lipinski definition) is 2. The largest absolute Gasteiger partial charge is 0.347 e. The minimum absolute atomic E-state index is 0.0871. The molecule has 6 nitrogen and oxygen atoms in total. The molecule has 0 bridgehead atoms. The Hall–Kier alpha value is -3.67. The van der Waals surface area contributed by atoms with Crippen molar-refractivity contribution < 1.29 is 14.4 Å². The Labute approximate surface area is 180 Å². The van der Waals surface area contributed by atoms with Crippen LogP contribution in [-0.4, -0.2) is 47.3 Å². The minimum atomic E-state index is -0.568. The first-order chi connectivity index (χ1) is 15.1. The summed E-state index contributed by atoms with van der Waals surface area (Å²) in [6, 6.07) is 21.8. The monoisotopic (exact) mass is 413 g/mol. The zero-order valence-electron chi connectivity index (χ0n) is 17.0. The molecule has 2 fully saturated rings. The van der Waals surface area contributed by atoms with E-state index in [0.29, 0.717) is 24.9 Å². The van der Waals surface area contributed by atoms with Crippen LogP contribution in [0.5, 0.6) is 0 Å². The van der Waals surface area contributed by atoms with E-state index in [4.69, 9.17) is 0 Å². The van der Waals surface area contributed by atoms with Crippen LogP contribution >= 0.6 is 0 Å². The van der Waals surface area contributed by atoms with Crippen molar-refractivity contribution in [1.29, 1.82) is 0 Å². The van der Waals surface area contributed by atoms with E-state index in [1.54, 1.807) is 11.0 Å². The van der Waals surface area contributed by atoms with E-state index < -0.39 is 12.1 Å². The van der Waals surface area contributed by atoms with Gasteiger partial charge in [0, 0.05) is 24.6 Å². The van der Waals surface area contributed by atoms with Crippen LogP contribution in [0.15, 0.2) is 72.8 Å². The van der Waals surface area contributed by atoms with Crippen molar-refractivity contribution in [3.8, 4) is 0 Å². The van der Waals surface area contributed by atoms with Crippen LogP contribution in [0.2, 0.25) is 0 Å². The maximum Gasteiger partial charge on any atom is 0.251 e. The third-order valence-corrected chi connectivity index (χ3v) is 6.13. The van der Waals surface area contributed by atoms with Crippen LogP contribution in [0.1, 0.15) is 22.3 Å². The molecule has 3 aromatic rings. The van der Waals surface area contributed by atoms with E-state index >= 15 is 0 Å². The first kappa shape index (κ1) is 19.3. The van der Waals surface area contributed by atoms with Crippen LogP contribution in [0.3, 0.4) is 0 Å². The Balaban J connectivity index is 1.27. The van der Waals surface area contributed by atoms with E-state index in [-0.39, 0.29) is 23.8 Å². The van der Waals surface area contributed by atoms with E-state index in [2.05, 4.69) is 10.6 Å². The first-order valence-electron chi connectivity index (χ1n) is 10.5. The van der Waals surface area contributed by atoms with E-state index in [9.17, 15) is 14.4 Å². The molecule has 0 aliphatic carbocycles. The van der Waals surface area contributed by atoms with Gasteiger partial charge >= 0.3 is 0 Å². The summed E-state index contributed by atoms with van der Waals surface area (Å²) in [5, 5.41) is 7.95. The van der Waals surface area contributed by atoms with Gasteiger partial charge in [-0.15, -0.1) is 0 Å². The van der Waals surface area contributed by atoms with Gasteiger partial charge in [-0.1, -0.05) is 60.7 Å². The molecule has 0 unspecified atom stereocenters. The molecule has 5 rings (SSSR count). The fourth-order valence-corrected chi connectivity index (χ4v) is 4.55. The zero-order valence-corrected chi connectivity index (χ0v) is 17.0. The number of piperazine rings is 1. The first-order valence-corrected chi connectivity index (χ1v) is 10.5. The van der Waals surface area contributed by atoms with Crippen molar-refractivity contribution in [3.63, 3.8) is 0 Å². The highest BCUT2D eigenvalue weighted by atomic mass is 16.2. The van der Waals surface area contributed by atoms with Crippen LogP contribution in [0.25, 0.3) is 10.8 Å². The molecule has 3 atom stereocenters. The van der Waals surface area contributed by atoms with Gasteiger partial charge in [0.1, 0.15) is 12.1 Å². The predicted octanol–water partition coefficient (Wildman–Crippen LogP) is 2.28. The van der Waals surface area contributed by atoms with Crippen LogP contribution in [-0.2, 0) is 16.0 Å². The number of benzene rings is 3. The summed E-state index contributed by atoms with van der Waals surface area (Å²) in [6.45, 7) is 0.349. The summed E-state index contributed by atoms with van der Waals surface area (Å²) < 4.78 is 0.